The lowest BCUT2D eigenvalue weighted by atomic mass is 10.0. The topological polar surface area (TPSA) is 29.3 Å². The number of alkyl halides is 3. The Hall–Kier alpha value is -1.07. The van der Waals surface area contributed by atoms with Gasteiger partial charge in [0.25, 0.3) is 0 Å². The van der Waals surface area contributed by atoms with Crippen LogP contribution in [0.15, 0.2) is 24.3 Å². The Balaban J connectivity index is 2.41. The molecule has 0 bridgehead atoms. The van der Waals surface area contributed by atoms with Crippen LogP contribution in [0.3, 0.4) is 0 Å². The van der Waals surface area contributed by atoms with E-state index < -0.39 is 12.7 Å². The summed E-state index contributed by atoms with van der Waals surface area (Å²) in [4.78, 5) is 1.24. The highest BCUT2D eigenvalue weighted by Gasteiger charge is 2.29. The van der Waals surface area contributed by atoms with E-state index in [-0.39, 0.29) is 6.04 Å². The number of nitrogens with zero attached hydrogens (tertiary/aromatic N) is 1. The summed E-state index contributed by atoms with van der Waals surface area (Å²) in [6.45, 7) is 1.41. The fraction of sp³-hybridized carbons (Fsp3) is 0.538. The molecule has 0 saturated heterocycles. The summed E-state index contributed by atoms with van der Waals surface area (Å²) in [6.07, 6.45) is -3.64. The third kappa shape index (κ3) is 5.51. The molecule has 1 unspecified atom stereocenters. The van der Waals surface area contributed by atoms with Gasteiger partial charge in [-0.05, 0) is 32.5 Å². The first kappa shape index (κ1) is 15.0. The van der Waals surface area contributed by atoms with E-state index in [2.05, 4.69) is 0 Å². The zero-order valence-electron chi connectivity index (χ0n) is 10.7. The van der Waals surface area contributed by atoms with Crippen molar-refractivity contribution in [2.45, 2.75) is 25.6 Å². The quantitative estimate of drug-likeness (QED) is 0.882. The molecule has 18 heavy (non-hydrogen) atoms. The van der Waals surface area contributed by atoms with Crippen molar-refractivity contribution < 1.29 is 13.2 Å². The Morgan fingerprint density at radius 3 is 2.28 bits per heavy atom. The van der Waals surface area contributed by atoms with Gasteiger partial charge in [0.1, 0.15) is 0 Å². The summed E-state index contributed by atoms with van der Waals surface area (Å²) in [7, 11) is 1.45. The Kier molecular flexibility index (Phi) is 5.16. The molecule has 0 fully saturated rings. The maximum absolute atomic E-state index is 12.1. The number of rotatable bonds is 5. The normalized spacial score (nSPS) is 13.9. The van der Waals surface area contributed by atoms with E-state index >= 15 is 0 Å². The summed E-state index contributed by atoms with van der Waals surface area (Å²) in [5.41, 5.74) is 8.05. The standard InChI is InChI=1S/C13H19F3N2/c1-10-3-5-11(6-4-10)12(17)7-8-18(2)9-13(14,15)16/h3-6,12H,7-9,17H2,1-2H3. The number of hydrogen-bond donors (Lipinski definition) is 1. The van der Waals surface area contributed by atoms with Crippen molar-refractivity contribution in [1.29, 1.82) is 0 Å². The molecule has 0 radical (unpaired) electrons. The van der Waals surface area contributed by atoms with E-state index in [1.807, 2.05) is 31.2 Å². The van der Waals surface area contributed by atoms with Crippen molar-refractivity contribution in [3.05, 3.63) is 35.4 Å². The monoisotopic (exact) mass is 260 g/mol. The van der Waals surface area contributed by atoms with Crippen LogP contribution in [0.25, 0.3) is 0 Å². The molecule has 0 aliphatic rings. The molecule has 0 amide bonds. The molecule has 2 N–H and O–H groups in total. The predicted octanol–water partition coefficient (Wildman–Crippen LogP) is 2.88. The van der Waals surface area contributed by atoms with Crippen molar-refractivity contribution in [2.24, 2.45) is 5.73 Å². The Bertz CT molecular complexity index is 359. The minimum absolute atomic E-state index is 0.221. The van der Waals surface area contributed by atoms with Crippen LogP contribution in [0, 0.1) is 6.92 Å². The van der Waals surface area contributed by atoms with E-state index in [4.69, 9.17) is 5.73 Å². The van der Waals surface area contributed by atoms with E-state index in [9.17, 15) is 13.2 Å². The van der Waals surface area contributed by atoms with Gasteiger partial charge in [0.15, 0.2) is 0 Å². The largest absolute Gasteiger partial charge is 0.401 e. The molecule has 0 aliphatic heterocycles. The number of aryl methyl sites for hydroxylation is 1. The second-order valence-corrected chi connectivity index (χ2v) is 4.66. The highest BCUT2D eigenvalue weighted by atomic mass is 19.4. The molecule has 0 spiro atoms. The Morgan fingerprint density at radius 1 is 1.22 bits per heavy atom. The van der Waals surface area contributed by atoms with Crippen LogP contribution in [0.4, 0.5) is 13.2 Å². The molecule has 1 aromatic rings. The molecule has 1 atom stereocenters. The van der Waals surface area contributed by atoms with E-state index in [0.717, 1.165) is 11.1 Å². The van der Waals surface area contributed by atoms with E-state index in [0.29, 0.717) is 13.0 Å². The van der Waals surface area contributed by atoms with Gasteiger partial charge >= 0.3 is 6.18 Å². The van der Waals surface area contributed by atoms with Gasteiger partial charge in [-0.2, -0.15) is 13.2 Å². The number of nitrogens with two attached hydrogens (primary N) is 1. The average Bonchev–Trinajstić information content (AvgIpc) is 2.24. The van der Waals surface area contributed by atoms with Gasteiger partial charge < -0.3 is 5.73 Å². The molecule has 0 aromatic heterocycles. The second-order valence-electron chi connectivity index (χ2n) is 4.66. The smallest absolute Gasteiger partial charge is 0.324 e. The molecular formula is C13H19F3N2. The number of benzene rings is 1. The highest BCUT2D eigenvalue weighted by Crippen LogP contribution is 2.18. The summed E-state index contributed by atoms with van der Waals surface area (Å²) in [5.74, 6) is 0. The van der Waals surface area contributed by atoms with Crippen molar-refractivity contribution in [3.63, 3.8) is 0 Å². The first-order valence-electron chi connectivity index (χ1n) is 5.85. The van der Waals surface area contributed by atoms with E-state index in [1.165, 1.54) is 11.9 Å². The lowest BCUT2D eigenvalue weighted by Gasteiger charge is -2.20. The third-order valence-electron chi connectivity index (χ3n) is 2.78. The number of hydrogen-bond acceptors (Lipinski definition) is 2. The first-order chi connectivity index (χ1) is 8.28. The van der Waals surface area contributed by atoms with Crippen LogP contribution < -0.4 is 5.73 Å². The minimum atomic E-state index is -4.15. The van der Waals surface area contributed by atoms with Crippen LogP contribution in [-0.4, -0.2) is 31.2 Å². The van der Waals surface area contributed by atoms with Crippen molar-refractivity contribution >= 4 is 0 Å². The third-order valence-corrected chi connectivity index (χ3v) is 2.78. The van der Waals surface area contributed by atoms with Gasteiger partial charge in [0.05, 0.1) is 6.54 Å². The zero-order valence-corrected chi connectivity index (χ0v) is 10.7. The fourth-order valence-electron chi connectivity index (χ4n) is 1.72. The van der Waals surface area contributed by atoms with Crippen molar-refractivity contribution in [2.75, 3.05) is 20.1 Å². The minimum Gasteiger partial charge on any atom is -0.324 e. The highest BCUT2D eigenvalue weighted by molar-refractivity contribution is 5.23. The number of halogens is 3. The van der Waals surface area contributed by atoms with Gasteiger partial charge in [-0.1, -0.05) is 29.8 Å². The lowest BCUT2D eigenvalue weighted by molar-refractivity contribution is -0.143. The summed E-state index contributed by atoms with van der Waals surface area (Å²) >= 11 is 0. The van der Waals surface area contributed by atoms with Gasteiger partial charge in [-0.25, -0.2) is 0 Å². The summed E-state index contributed by atoms with van der Waals surface area (Å²) in [5, 5.41) is 0. The summed E-state index contributed by atoms with van der Waals surface area (Å²) in [6, 6.07) is 7.53. The van der Waals surface area contributed by atoms with Crippen molar-refractivity contribution in [1.82, 2.24) is 4.90 Å². The molecule has 1 rings (SSSR count). The molecule has 2 nitrogen and oxygen atoms in total. The van der Waals surface area contributed by atoms with Crippen molar-refractivity contribution in [3.8, 4) is 0 Å². The van der Waals surface area contributed by atoms with Gasteiger partial charge in [0, 0.05) is 6.04 Å². The zero-order chi connectivity index (χ0) is 13.8. The van der Waals surface area contributed by atoms with Gasteiger partial charge in [0.2, 0.25) is 0 Å². The molecule has 0 heterocycles. The molecule has 102 valence electrons. The van der Waals surface area contributed by atoms with Crippen LogP contribution in [0.5, 0.6) is 0 Å². The SMILES string of the molecule is Cc1ccc(C(N)CCN(C)CC(F)(F)F)cc1. The lowest BCUT2D eigenvalue weighted by Crippen LogP contribution is -2.33. The summed E-state index contributed by atoms with van der Waals surface area (Å²) < 4.78 is 36.4. The van der Waals surface area contributed by atoms with Gasteiger partial charge in [-0.3, -0.25) is 4.90 Å². The molecule has 5 heteroatoms. The maximum Gasteiger partial charge on any atom is 0.401 e. The van der Waals surface area contributed by atoms with Crippen LogP contribution in [0.1, 0.15) is 23.6 Å². The van der Waals surface area contributed by atoms with E-state index in [1.54, 1.807) is 0 Å². The Labute approximate surface area is 106 Å². The maximum atomic E-state index is 12.1. The average molecular weight is 260 g/mol. The van der Waals surface area contributed by atoms with Crippen LogP contribution in [0.2, 0.25) is 0 Å². The van der Waals surface area contributed by atoms with Crippen LogP contribution in [-0.2, 0) is 0 Å². The first-order valence-corrected chi connectivity index (χ1v) is 5.85. The molecule has 0 aliphatic carbocycles. The van der Waals surface area contributed by atoms with Crippen LogP contribution >= 0.6 is 0 Å². The molecule has 0 saturated carbocycles. The van der Waals surface area contributed by atoms with Gasteiger partial charge in [-0.15, -0.1) is 0 Å². The molecule has 1 aromatic carbocycles. The molecular weight excluding hydrogens is 241 g/mol. The Morgan fingerprint density at radius 2 is 1.78 bits per heavy atom. The fourth-order valence-corrected chi connectivity index (χ4v) is 1.72. The second kappa shape index (κ2) is 6.20. The predicted molar refractivity (Wildman–Crippen MR) is 66.3 cm³/mol.